The molecule has 124 valence electrons. The van der Waals surface area contributed by atoms with E-state index in [-0.39, 0.29) is 12.2 Å². The Labute approximate surface area is 143 Å². The molecule has 0 radical (unpaired) electrons. The predicted molar refractivity (Wildman–Crippen MR) is 98.7 cm³/mol. The Kier molecular flexibility index (Phi) is 4.34. The molecule has 0 saturated heterocycles. The van der Waals surface area contributed by atoms with Gasteiger partial charge in [0.1, 0.15) is 0 Å². The van der Waals surface area contributed by atoms with Crippen LogP contribution in [0.2, 0.25) is 0 Å². The third kappa shape index (κ3) is 3.16. The highest BCUT2D eigenvalue weighted by Crippen LogP contribution is 2.35. The molecule has 2 aromatic carbocycles. The summed E-state index contributed by atoms with van der Waals surface area (Å²) in [6.07, 6.45) is 3.94. The Balaban J connectivity index is 1.70. The lowest BCUT2D eigenvalue weighted by molar-refractivity contribution is 0.174. The molecule has 0 fully saturated rings. The Hall–Kier alpha value is -2.68. The van der Waals surface area contributed by atoms with Crippen LogP contribution in [-0.2, 0) is 5.41 Å². The SMILES string of the molecule is C=C(C=CNc1ccc2c(c1)OCO2)C(C)(C)c1ccccc1C. The standard InChI is InChI=1S/C21H23NO2/c1-15-7-5-6-8-18(15)21(3,4)16(2)11-12-22-17-9-10-19-20(13-17)24-14-23-19/h5-13,22H,2,14H2,1,3-4H3. The van der Waals surface area contributed by atoms with Gasteiger partial charge in [-0.05, 0) is 41.8 Å². The van der Waals surface area contributed by atoms with Gasteiger partial charge in [-0.25, -0.2) is 0 Å². The van der Waals surface area contributed by atoms with Crippen LogP contribution < -0.4 is 14.8 Å². The molecule has 2 aromatic rings. The van der Waals surface area contributed by atoms with Crippen molar-refractivity contribution in [2.45, 2.75) is 26.2 Å². The smallest absolute Gasteiger partial charge is 0.231 e. The molecule has 0 spiro atoms. The van der Waals surface area contributed by atoms with Crippen LogP contribution >= 0.6 is 0 Å². The number of anilines is 1. The first-order chi connectivity index (χ1) is 11.5. The summed E-state index contributed by atoms with van der Waals surface area (Å²) >= 11 is 0. The normalized spacial score (nSPS) is 13.3. The quantitative estimate of drug-likeness (QED) is 0.769. The van der Waals surface area contributed by atoms with Crippen molar-refractivity contribution in [3.63, 3.8) is 0 Å². The minimum atomic E-state index is -0.127. The van der Waals surface area contributed by atoms with Crippen LogP contribution in [0.15, 0.2) is 66.9 Å². The Morgan fingerprint density at radius 2 is 1.88 bits per heavy atom. The largest absolute Gasteiger partial charge is 0.454 e. The zero-order valence-corrected chi connectivity index (χ0v) is 14.4. The second kappa shape index (κ2) is 6.44. The lowest BCUT2D eigenvalue weighted by atomic mass is 9.76. The summed E-state index contributed by atoms with van der Waals surface area (Å²) in [6.45, 7) is 11.1. The molecule has 3 heteroatoms. The first kappa shape index (κ1) is 16.2. The first-order valence-corrected chi connectivity index (χ1v) is 8.07. The van der Waals surface area contributed by atoms with Crippen molar-refractivity contribution in [1.29, 1.82) is 0 Å². The second-order valence-corrected chi connectivity index (χ2v) is 6.51. The molecule has 1 aliphatic rings. The minimum absolute atomic E-state index is 0.127. The van der Waals surface area contributed by atoms with Crippen molar-refractivity contribution < 1.29 is 9.47 Å². The van der Waals surface area contributed by atoms with E-state index in [9.17, 15) is 0 Å². The first-order valence-electron chi connectivity index (χ1n) is 8.07. The molecule has 0 bridgehead atoms. The lowest BCUT2D eigenvalue weighted by Crippen LogP contribution is -2.20. The number of hydrogen-bond acceptors (Lipinski definition) is 3. The zero-order chi connectivity index (χ0) is 17.2. The van der Waals surface area contributed by atoms with E-state index in [4.69, 9.17) is 9.47 Å². The highest BCUT2D eigenvalue weighted by molar-refractivity contribution is 5.57. The number of allylic oxidation sites excluding steroid dienone is 2. The molecule has 1 N–H and O–H groups in total. The lowest BCUT2D eigenvalue weighted by Gasteiger charge is -2.28. The summed E-state index contributed by atoms with van der Waals surface area (Å²) < 4.78 is 10.7. The summed E-state index contributed by atoms with van der Waals surface area (Å²) in [4.78, 5) is 0. The number of hydrogen-bond donors (Lipinski definition) is 1. The molecular weight excluding hydrogens is 298 g/mol. The number of aryl methyl sites for hydroxylation is 1. The monoisotopic (exact) mass is 321 g/mol. The molecule has 0 aromatic heterocycles. The van der Waals surface area contributed by atoms with E-state index in [2.05, 4.69) is 56.9 Å². The number of benzene rings is 2. The number of fused-ring (bicyclic) bond motifs is 1. The maximum Gasteiger partial charge on any atom is 0.231 e. The fraction of sp³-hybridized carbons (Fsp3) is 0.238. The highest BCUT2D eigenvalue weighted by Gasteiger charge is 2.24. The van der Waals surface area contributed by atoms with E-state index in [0.717, 1.165) is 22.8 Å². The zero-order valence-electron chi connectivity index (χ0n) is 14.4. The second-order valence-electron chi connectivity index (χ2n) is 6.51. The van der Waals surface area contributed by atoms with Gasteiger partial charge < -0.3 is 14.8 Å². The number of rotatable bonds is 5. The van der Waals surface area contributed by atoms with Crippen LogP contribution in [-0.4, -0.2) is 6.79 Å². The molecule has 0 saturated carbocycles. The van der Waals surface area contributed by atoms with Crippen molar-refractivity contribution in [3.05, 3.63) is 78.0 Å². The van der Waals surface area contributed by atoms with E-state index >= 15 is 0 Å². The fourth-order valence-electron chi connectivity index (χ4n) is 2.88. The van der Waals surface area contributed by atoms with Gasteiger partial charge in [0.05, 0.1) is 0 Å². The van der Waals surface area contributed by atoms with Gasteiger partial charge in [0.2, 0.25) is 6.79 Å². The minimum Gasteiger partial charge on any atom is -0.454 e. The van der Waals surface area contributed by atoms with E-state index in [1.54, 1.807) is 0 Å². The molecule has 0 unspecified atom stereocenters. The van der Waals surface area contributed by atoms with Gasteiger partial charge in [-0.1, -0.05) is 44.7 Å². The van der Waals surface area contributed by atoms with Crippen LogP contribution in [0, 0.1) is 6.92 Å². The van der Waals surface area contributed by atoms with Gasteiger partial charge in [0, 0.05) is 23.4 Å². The van der Waals surface area contributed by atoms with Gasteiger partial charge in [-0.2, -0.15) is 0 Å². The molecule has 3 rings (SSSR count). The third-order valence-electron chi connectivity index (χ3n) is 4.53. The number of nitrogens with one attached hydrogen (secondary N) is 1. The van der Waals surface area contributed by atoms with E-state index < -0.39 is 0 Å². The van der Waals surface area contributed by atoms with Crippen LogP contribution in [0.5, 0.6) is 11.5 Å². The van der Waals surface area contributed by atoms with E-state index in [1.807, 2.05) is 30.5 Å². The maximum absolute atomic E-state index is 5.39. The van der Waals surface area contributed by atoms with Gasteiger partial charge in [0.15, 0.2) is 11.5 Å². The van der Waals surface area contributed by atoms with E-state index in [1.165, 1.54) is 11.1 Å². The van der Waals surface area contributed by atoms with Crippen molar-refractivity contribution in [3.8, 4) is 11.5 Å². The topological polar surface area (TPSA) is 30.5 Å². The summed E-state index contributed by atoms with van der Waals surface area (Å²) in [5.41, 5.74) is 4.45. The van der Waals surface area contributed by atoms with Crippen LogP contribution in [0.4, 0.5) is 5.69 Å². The van der Waals surface area contributed by atoms with Gasteiger partial charge >= 0.3 is 0 Å². The Bertz CT molecular complexity index is 790. The molecule has 0 amide bonds. The molecule has 1 aliphatic heterocycles. The molecule has 1 heterocycles. The molecule has 0 aliphatic carbocycles. The fourth-order valence-corrected chi connectivity index (χ4v) is 2.88. The number of ether oxygens (including phenoxy) is 2. The summed E-state index contributed by atoms with van der Waals surface area (Å²) in [7, 11) is 0. The van der Waals surface area contributed by atoms with E-state index in [0.29, 0.717) is 0 Å². The van der Waals surface area contributed by atoms with Crippen molar-refractivity contribution in [1.82, 2.24) is 0 Å². The van der Waals surface area contributed by atoms with Crippen LogP contribution in [0.1, 0.15) is 25.0 Å². The predicted octanol–water partition coefficient (Wildman–Crippen LogP) is 5.18. The van der Waals surface area contributed by atoms with Gasteiger partial charge in [-0.15, -0.1) is 0 Å². The van der Waals surface area contributed by atoms with Crippen molar-refractivity contribution in [2.24, 2.45) is 0 Å². The van der Waals surface area contributed by atoms with Crippen LogP contribution in [0.25, 0.3) is 0 Å². The third-order valence-corrected chi connectivity index (χ3v) is 4.53. The maximum atomic E-state index is 5.39. The van der Waals surface area contributed by atoms with Gasteiger partial charge in [-0.3, -0.25) is 0 Å². The summed E-state index contributed by atoms with van der Waals surface area (Å²) in [5, 5.41) is 3.27. The average molecular weight is 321 g/mol. The van der Waals surface area contributed by atoms with Crippen molar-refractivity contribution in [2.75, 3.05) is 12.1 Å². The van der Waals surface area contributed by atoms with Crippen LogP contribution in [0.3, 0.4) is 0 Å². The summed E-state index contributed by atoms with van der Waals surface area (Å²) in [5.74, 6) is 1.56. The highest BCUT2D eigenvalue weighted by atomic mass is 16.7. The van der Waals surface area contributed by atoms with Crippen molar-refractivity contribution >= 4 is 5.69 Å². The molecule has 24 heavy (non-hydrogen) atoms. The Morgan fingerprint density at radius 3 is 2.67 bits per heavy atom. The Morgan fingerprint density at radius 1 is 1.12 bits per heavy atom. The average Bonchev–Trinajstić information content (AvgIpc) is 3.02. The molecule has 0 atom stereocenters. The molecule has 3 nitrogen and oxygen atoms in total. The molecular formula is C21H23NO2. The van der Waals surface area contributed by atoms with Gasteiger partial charge in [0.25, 0.3) is 0 Å². The summed E-state index contributed by atoms with van der Waals surface area (Å²) in [6, 6.07) is 14.2.